The van der Waals surface area contributed by atoms with Crippen molar-refractivity contribution in [3.63, 3.8) is 0 Å². The van der Waals surface area contributed by atoms with E-state index in [1.807, 2.05) is 20.8 Å². The van der Waals surface area contributed by atoms with Crippen LogP contribution in [-0.2, 0) is 4.74 Å². The van der Waals surface area contributed by atoms with Crippen LogP contribution in [-0.4, -0.2) is 28.2 Å². The maximum absolute atomic E-state index is 10.3. The zero-order valence-electron chi connectivity index (χ0n) is 10.4. The summed E-state index contributed by atoms with van der Waals surface area (Å²) in [4.78, 5) is 0. The summed E-state index contributed by atoms with van der Waals surface area (Å²) < 4.78 is 5.78. The second-order valence-corrected chi connectivity index (χ2v) is 5.16. The van der Waals surface area contributed by atoms with Gasteiger partial charge in [-0.1, -0.05) is 34.6 Å². The summed E-state index contributed by atoms with van der Waals surface area (Å²) in [5.41, 5.74) is 0. The van der Waals surface area contributed by atoms with Crippen LogP contribution in [0.3, 0.4) is 0 Å². The Bertz CT molecular complexity index is 217. The van der Waals surface area contributed by atoms with Gasteiger partial charge in [0.25, 0.3) is 0 Å². The highest BCUT2D eigenvalue weighted by Crippen LogP contribution is 2.40. The minimum Gasteiger partial charge on any atom is -0.392 e. The van der Waals surface area contributed by atoms with Crippen molar-refractivity contribution in [2.45, 2.75) is 59.0 Å². The molecule has 5 atom stereocenters. The fourth-order valence-electron chi connectivity index (χ4n) is 2.52. The Kier molecular flexibility index (Phi) is 3.80. The van der Waals surface area contributed by atoms with Gasteiger partial charge >= 0.3 is 0 Å². The number of aliphatic hydroxyl groups excluding tert-OH is 1. The Morgan fingerprint density at radius 2 is 1.87 bits per heavy atom. The molecule has 0 radical (unpaired) electrons. The minimum absolute atomic E-state index is 0.0684. The summed E-state index contributed by atoms with van der Waals surface area (Å²) in [5, 5.41) is 20.4. The standard InChI is InChI=1S/C12H24O3/c1-6-12(14)9(5)10(13)8(4)11(15-12)7(2)3/h7-11,13-14H,6H2,1-5H3/t8-,9+,10+,11+,12-/m0/s1. The van der Waals surface area contributed by atoms with Crippen LogP contribution in [0.4, 0.5) is 0 Å². The smallest absolute Gasteiger partial charge is 0.170 e. The van der Waals surface area contributed by atoms with Crippen molar-refractivity contribution in [2.75, 3.05) is 0 Å². The van der Waals surface area contributed by atoms with Gasteiger partial charge in [0.15, 0.2) is 5.79 Å². The number of rotatable bonds is 2. The molecule has 0 aromatic heterocycles. The highest BCUT2D eigenvalue weighted by Gasteiger charge is 2.49. The van der Waals surface area contributed by atoms with Crippen molar-refractivity contribution < 1.29 is 14.9 Å². The third kappa shape index (κ3) is 2.19. The van der Waals surface area contributed by atoms with E-state index in [2.05, 4.69) is 13.8 Å². The molecular formula is C12H24O3. The molecule has 1 aliphatic rings. The molecule has 0 amide bonds. The van der Waals surface area contributed by atoms with Gasteiger partial charge in [-0.2, -0.15) is 0 Å². The molecule has 3 nitrogen and oxygen atoms in total. The van der Waals surface area contributed by atoms with Crippen molar-refractivity contribution in [3.8, 4) is 0 Å². The lowest BCUT2D eigenvalue weighted by molar-refractivity contribution is -0.324. The lowest BCUT2D eigenvalue weighted by Crippen LogP contribution is -2.58. The van der Waals surface area contributed by atoms with Gasteiger partial charge in [0.05, 0.1) is 12.2 Å². The average Bonchev–Trinajstić information content (AvgIpc) is 2.20. The zero-order chi connectivity index (χ0) is 11.8. The molecule has 0 bridgehead atoms. The van der Waals surface area contributed by atoms with Gasteiger partial charge < -0.3 is 14.9 Å². The molecule has 0 saturated carbocycles. The van der Waals surface area contributed by atoms with Gasteiger partial charge in [0.2, 0.25) is 0 Å². The molecule has 0 aliphatic carbocycles. The summed E-state index contributed by atoms with van der Waals surface area (Å²) in [6.07, 6.45) is -0.0431. The monoisotopic (exact) mass is 216 g/mol. The topological polar surface area (TPSA) is 49.7 Å². The van der Waals surface area contributed by atoms with E-state index in [-0.39, 0.29) is 17.9 Å². The van der Waals surface area contributed by atoms with E-state index in [0.717, 1.165) is 0 Å². The molecule has 0 aromatic carbocycles. The van der Waals surface area contributed by atoms with Crippen molar-refractivity contribution in [3.05, 3.63) is 0 Å². The van der Waals surface area contributed by atoms with Crippen LogP contribution in [0.1, 0.15) is 41.0 Å². The van der Waals surface area contributed by atoms with E-state index in [9.17, 15) is 10.2 Å². The van der Waals surface area contributed by atoms with Gasteiger partial charge in [-0.05, 0) is 12.3 Å². The molecule has 0 aromatic rings. The molecule has 1 fully saturated rings. The first-order valence-electron chi connectivity index (χ1n) is 5.91. The van der Waals surface area contributed by atoms with Crippen LogP contribution < -0.4 is 0 Å². The van der Waals surface area contributed by atoms with Crippen molar-refractivity contribution >= 4 is 0 Å². The first-order chi connectivity index (χ1) is 6.83. The second kappa shape index (κ2) is 4.40. The Balaban J connectivity index is 2.90. The summed E-state index contributed by atoms with van der Waals surface area (Å²) in [7, 11) is 0. The summed E-state index contributed by atoms with van der Waals surface area (Å²) in [6.45, 7) is 9.83. The van der Waals surface area contributed by atoms with Crippen molar-refractivity contribution in [1.82, 2.24) is 0 Å². The van der Waals surface area contributed by atoms with E-state index in [4.69, 9.17) is 4.74 Å². The first kappa shape index (κ1) is 12.9. The normalized spacial score (nSPS) is 47.2. The van der Waals surface area contributed by atoms with Crippen LogP contribution in [0.5, 0.6) is 0 Å². The Morgan fingerprint density at radius 3 is 2.27 bits per heavy atom. The quantitative estimate of drug-likeness (QED) is 0.739. The molecular weight excluding hydrogens is 192 g/mol. The maximum atomic E-state index is 10.3. The average molecular weight is 216 g/mol. The van der Waals surface area contributed by atoms with Gasteiger partial charge in [-0.3, -0.25) is 0 Å². The van der Waals surface area contributed by atoms with E-state index in [1.54, 1.807) is 0 Å². The lowest BCUT2D eigenvalue weighted by atomic mass is 9.77. The number of ether oxygens (including phenoxy) is 1. The van der Waals surface area contributed by atoms with E-state index in [0.29, 0.717) is 12.3 Å². The van der Waals surface area contributed by atoms with Crippen molar-refractivity contribution in [2.24, 2.45) is 17.8 Å². The van der Waals surface area contributed by atoms with Crippen LogP contribution >= 0.6 is 0 Å². The molecule has 1 rings (SSSR count). The summed E-state index contributed by atoms with van der Waals surface area (Å²) >= 11 is 0. The van der Waals surface area contributed by atoms with Crippen LogP contribution in [0, 0.1) is 17.8 Å². The van der Waals surface area contributed by atoms with Crippen LogP contribution in [0.25, 0.3) is 0 Å². The first-order valence-corrected chi connectivity index (χ1v) is 5.91. The highest BCUT2D eigenvalue weighted by molar-refractivity contribution is 4.92. The van der Waals surface area contributed by atoms with E-state index >= 15 is 0 Å². The minimum atomic E-state index is -1.17. The predicted molar refractivity (Wildman–Crippen MR) is 59.3 cm³/mol. The fraction of sp³-hybridized carbons (Fsp3) is 1.00. The number of aliphatic hydroxyl groups is 2. The molecule has 0 spiro atoms. The SMILES string of the molecule is CC[C@]1(O)O[C@H](C(C)C)[C@@H](C)[C@@H](O)[C@H]1C. The summed E-state index contributed by atoms with van der Waals surface area (Å²) in [5.74, 6) is -1.01. The lowest BCUT2D eigenvalue weighted by Gasteiger charge is -2.49. The molecule has 3 heteroatoms. The van der Waals surface area contributed by atoms with E-state index < -0.39 is 11.9 Å². The molecule has 1 heterocycles. The maximum Gasteiger partial charge on any atom is 0.170 e. The van der Waals surface area contributed by atoms with Crippen LogP contribution in [0.2, 0.25) is 0 Å². The molecule has 2 N–H and O–H groups in total. The van der Waals surface area contributed by atoms with Gasteiger partial charge in [0, 0.05) is 11.8 Å². The Hall–Kier alpha value is -0.120. The number of hydrogen-bond donors (Lipinski definition) is 2. The fourth-order valence-corrected chi connectivity index (χ4v) is 2.52. The molecule has 1 aliphatic heterocycles. The Morgan fingerprint density at radius 1 is 1.33 bits per heavy atom. The highest BCUT2D eigenvalue weighted by atomic mass is 16.6. The third-order valence-electron chi connectivity index (χ3n) is 3.78. The zero-order valence-corrected chi connectivity index (χ0v) is 10.4. The van der Waals surface area contributed by atoms with Gasteiger partial charge in [0.1, 0.15) is 0 Å². The number of hydrogen-bond acceptors (Lipinski definition) is 3. The third-order valence-corrected chi connectivity index (χ3v) is 3.78. The Labute approximate surface area is 92.4 Å². The molecule has 15 heavy (non-hydrogen) atoms. The molecule has 90 valence electrons. The van der Waals surface area contributed by atoms with E-state index in [1.165, 1.54) is 0 Å². The van der Waals surface area contributed by atoms with Gasteiger partial charge in [-0.15, -0.1) is 0 Å². The molecule has 1 saturated heterocycles. The second-order valence-electron chi connectivity index (χ2n) is 5.16. The van der Waals surface area contributed by atoms with Crippen molar-refractivity contribution in [1.29, 1.82) is 0 Å². The largest absolute Gasteiger partial charge is 0.392 e. The molecule has 0 unspecified atom stereocenters. The predicted octanol–water partition coefficient (Wildman–Crippen LogP) is 1.77. The summed E-state index contributed by atoms with van der Waals surface area (Å²) in [6, 6.07) is 0. The van der Waals surface area contributed by atoms with Gasteiger partial charge in [-0.25, -0.2) is 0 Å². The van der Waals surface area contributed by atoms with Crippen LogP contribution in [0.15, 0.2) is 0 Å².